The molecule has 0 aromatic carbocycles. The van der Waals surface area contributed by atoms with Gasteiger partial charge in [0.15, 0.2) is 5.76 Å². The second-order valence-electron chi connectivity index (χ2n) is 5.82. The van der Waals surface area contributed by atoms with Gasteiger partial charge in [-0.25, -0.2) is 9.78 Å². The number of hydrogen-bond donors (Lipinski definition) is 2. The summed E-state index contributed by atoms with van der Waals surface area (Å²) in [6, 6.07) is 3.44. The van der Waals surface area contributed by atoms with Crippen LogP contribution >= 0.6 is 0 Å². The molecular formula is C16H18N2O5. The van der Waals surface area contributed by atoms with E-state index in [9.17, 15) is 14.7 Å². The number of carboxylic acids is 1. The van der Waals surface area contributed by atoms with Crippen LogP contribution in [0.2, 0.25) is 0 Å². The van der Waals surface area contributed by atoms with Gasteiger partial charge in [-0.15, -0.1) is 0 Å². The van der Waals surface area contributed by atoms with Gasteiger partial charge in [0.1, 0.15) is 11.3 Å². The second kappa shape index (κ2) is 5.91. The van der Waals surface area contributed by atoms with Crippen molar-refractivity contribution in [1.82, 2.24) is 10.3 Å². The maximum absolute atomic E-state index is 12.2. The predicted molar refractivity (Wildman–Crippen MR) is 79.6 cm³/mol. The van der Waals surface area contributed by atoms with E-state index in [0.717, 1.165) is 12.8 Å². The predicted octanol–water partition coefficient (Wildman–Crippen LogP) is 2.30. The Kier molecular flexibility index (Phi) is 3.94. The average Bonchev–Trinajstić information content (AvgIpc) is 3.21. The average molecular weight is 318 g/mol. The normalized spacial score (nSPS) is 16.4. The van der Waals surface area contributed by atoms with Gasteiger partial charge >= 0.3 is 5.97 Å². The Hall–Kier alpha value is -2.57. The minimum Gasteiger partial charge on any atom is -0.480 e. The summed E-state index contributed by atoms with van der Waals surface area (Å²) in [6.45, 7) is 1.71. The number of aliphatic carboxylic acids is 1. The van der Waals surface area contributed by atoms with E-state index >= 15 is 0 Å². The fraction of sp³-hybridized carbons (Fsp3) is 0.438. The lowest BCUT2D eigenvalue weighted by molar-refractivity contribution is -0.147. The zero-order valence-corrected chi connectivity index (χ0v) is 12.8. The molecule has 1 aliphatic rings. The number of nitrogens with one attached hydrogen (secondary N) is 1. The number of aryl methyl sites for hydroxylation is 1. The van der Waals surface area contributed by atoms with Crippen molar-refractivity contribution in [2.24, 2.45) is 0 Å². The lowest BCUT2D eigenvalue weighted by Crippen LogP contribution is -2.53. The van der Waals surface area contributed by atoms with Gasteiger partial charge in [-0.3, -0.25) is 4.79 Å². The molecule has 2 N–H and O–H groups in total. The summed E-state index contributed by atoms with van der Waals surface area (Å²) < 4.78 is 10.7. The molecule has 1 saturated carbocycles. The largest absolute Gasteiger partial charge is 0.480 e. The van der Waals surface area contributed by atoms with Crippen LogP contribution in [0.15, 0.2) is 27.2 Å². The Bertz CT molecular complexity index is 711. The molecule has 2 heterocycles. The highest BCUT2D eigenvalue weighted by atomic mass is 16.4. The quantitative estimate of drug-likeness (QED) is 0.876. The fourth-order valence-corrected chi connectivity index (χ4v) is 2.93. The Morgan fingerprint density at radius 2 is 2.13 bits per heavy atom. The van der Waals surface area contributed by atoms with Gasteiger partial charge in [-0.05, 0) is 31.9 Å². The third kappa shape index (κ3) is 2.99. The van der Waals surface area contributed by atoms with Gasteiger partial charge in [-0.1, -0.05) is 12.8 Å². The zero-order chi connectivity index (χ0) is 16.4. The molecule has 0 bridgehead atoms. The van der Waals surface area contributed by atoms with E-state index in [1.165, 1.54) is 6.26 Å². The first-order valence-electron chi connectivity index (χ1n) is 7.55. The van der Waals surface area contributed by atoms with Crippen LogP contribution < -0.4 is 5.32 Å². The molecule has 0 radical (unpaired) electrons. The molecule has 0 unspecified atom stereocenters. The van der Waals surface area contributed by atoms with E-state index in [1.807, 2.05) is 0 Å². The van der Waals surface area contributed by atoms with Crippen LogP contribution in [0.5, 0.6) is 0 Å². The molecule has 0 saturated heterocycles. The van der Waals surface area contributed by atoms with Gasteiger partial charge < -0.3 is 19.3 Å². The molecule has 2 aromatic rings. The van der Waals surface area contributed by atoms with Gasteiger partial charge in [0.2, 0.25) is 5.91 Å². The molecule has 7 nitrogen and oxygen atoms in total. The zero-order valence-electron chi connectivity index (χ0n) is 12.8. The number of aromatic nitrogens is 1. The molecule has 0 atom stereocenters. The standard InChI is InChI=1S/C16H18N2O5/c1-10-11(17-14(23-10)12-5-4-8-22-12)9-13(19)18-16(15(20)21)6-2-3-7-16/h4-5,8H,2-3,6-7,9H2,1H3,(H,18,19)(H,20,21). The summed E-state index contributed by atoms with van der Waals surface area (Å²) in [5, 5.41) is 12.1. The first-order valence-corrected chi connectivity index (χ1v) is 7.55. The van der Waals surface area contributed by atoms with E-state index in [1.54, 1.807) is 19.1 Å². The Morgan fingerprint density at radius 3 is 2.74 bits per heavy atom. The molecule has 1 fully saturated rings. The molecule has 2 aromatic heterocycles. The Balaban J connectivity index is 1.72. The molecule has 0 spiro atoms. The van der Waals surface area contributed by atoms with Crippen molar-refractivity contribution in [3.05, 3.63) is 29.9 Å². The van der Waals surface area contributed by atoms with Crippen LogP contribution in [-0.4, -0.2) is 27.5 Å². The number of amides is 1. The van der Waals surface area contributed by atoms with Crippen molar-refractivity contribution < 1.29 is 23.5 Å². The van der Waals surface area contributed by atoms with E-state index < -0.39 is 11.5 Å². The van der Waals surface area contributed by atoms with Crippen LogP contribution in [0.25, 0.3) is 11.7 Å². The lowest BCUT2D eigenvalue weighted by Gasteiger charge is -2.25. The van der Waals surface area contributed by atoms with E-state index in [4.69, 9.17) is 8.83 Å². The van der Waals surface area contributed by atoms with E-state index in [2.05, 4.69) is 10.3 Å². The van der Waals surface area contributed by atoms with Gasteiger partial charge in [0.25, 0.3) is 5.89 Å². The summed E-state index contributed by atoms with van der Waals surface area (Å²) >= 11 is 0. The minimum absolute atomic E-state index is 0.0227. The van der Waals surface area contributed by atoms with Crippen molar-refractivity contribution in [2.75, 3.05) is 0 Å². The van der Waals surface area contributed by atoms with Crippen molar-refractivity contribution >= 4 is 11.9 Å². The molecular weight excluding hydrogens is 300 g/mol. The minimum atomic E-state index is -1.14. The first kappa shape index (κ1) is 15.3. The van der Waals surface area contributed by atoms with Crippen LogP contribution in [0.4, 0.5) is 0 Å². The van der Waals surface area contributed by atoms with Crippen LogP contribution in [-0.2, 0) is 16.0 Å². The van der Waals surface area contributed by atoms with Gasteiger partial charge in [0.05, 0.1) is 18.4 Å². The van der Waals surface area contributed by atoms with Crippen LogP contribution in [0, 0.1) is 6.92 Å². The molecule has 1 amide bonds. The van der Waals surface area contributed by atoms with E-state index in [0.29, 0.717) is 35.9 Å². The number of hydrogen-bond acceptors (Lipinski definition) is 5. The summed E-state index contributed by atoms with van der Waals surface area (Å²) in [5.41, 5.74) is -0.661. The summed E-state index contributed by atoms with van der Waals surface area (Å²) in [4.78, 5) is 28.0. The third-order valence-corrected chi connectivity index (χ3v) is 4.20. The Labute approximate surface area is 132 Å². The third-order valence-electron chi connectivity index (χ3n) is 4.20. The molecule has 7 heteroatoms. The second-order valence-corrected chi connectivity index (χ2v) is 5.82. The van der Waals surface area contributed by atoms with Crippen LogP contribution in [0.1, 0.15) is 37.1 Å². The molecule has 3 rings (SSSR count). The maximum Gasteiger partial charge on any atom is 0.329 e. The molecule has 0 aliphatic heterocycles. The number of carbonyl (C=O) groups excluding carboxylic acids is 1. The number of nitrogens with zero attached hydrogens (tertiary/aromatic N) is 1. The van der Waals surface area contributed by atoms with Crippen molar-refractivity contribution in [3.63, 3.8) is 0 Å². The number of furan rings is 1. The summed E-state index contributed by atoms with van der Waals surface area (Å²) in [6.07, 6.45) is 4.02. The maximum atomic E-state index is 12.2. The van der Waals surface area contributed by atoms with Gasteiger partial charge in [0, 0.05) is 0 Å². The molecule has 122 valence electrons. The molecule has 23 heavy (non-hydrogen) atoms. The number of carboxylic acid groups (broad SMARTS) is 1. The van der Waals surface area contributed by atoms with E-state index in [-0.39, 0.29) is 12.3 Å². The van der Waals surface area contributed by atoms with Crippen molar-refractivity contribution in [3.8, 4) is 11.7 Å². The summed E-state index contributed by atoms with van der Waals surface area (Å²) in [7, 11) is 0. The van der Waals surface area contributed by atoms with Crippen molar-refractivity contribution in [1.29, 1.82) is 0 Å². The Morgan fingerprint density at radius 1 is 1.39 bits per heavy atom. The van der Waals surface area contributed by atoms with Crippen molar-refractivity contribution in [2.45, 2.75) is 44.6 Å². The van der Waals surface area contributed by atoms with Gasteiger partial charge in [-0.2, -0.15) is 0 Å². The summed E-state index contributed by atoms with van der Waals surface area (Å²) in [5.74, 6) is -0.0304. The first-order chi connectivity index (χ1) is 11.0. The topological polar surface area (TPSA) is 106 Å². The smallest absolute Gasteiger partial charge is 0.329 e. The number of carbonyl (C=O) groups is 2. The van der Waals surface area contributed by atoms with Crippen LogP contribution in [0.3, 0.4) is 0 Å². The SMILES string of the molecule is Cc1oc(-c2ccco2)nc1CC(=O)NC1(C(=O)O)CCCC1. The number of oxazole rings is 1. The molecule has 1 aliphatic carbocycles. The highest BCUT2D eigenvalue weighted by molar-refractivity contribution is 5.88. The highest BCUT2D eigenvalue weighted by Gasteiger charge is 2.42. The number of rotatable bonds is 5. The fourth-order valence-electron chi connectivity index (χ4n) is 2.93. The monoisotopic (exact) mass is 318 g/mol. The highest BCUT2D eigenvalue weighted by Crippen LogP contribution is 2.30. The lowest BCUT2D eigenvalue weighted by atomic mass is 9.97.